The van der Waals surface area contributed by atoms with Crippen molar-refractivity contribution in [1.82, 2.24) is 10.9 Å². The number of unbranched alkanes of at least 4 members (excludes halogenated alkanes) is 3. The first-order valence-electron chi connectivity index (χ1n) is 9.89. The van der Waals surface area contributed by atoms with Gasteiger partial charge in [-0.2, -0.15) is 10.2 Å². The molecule has 2 N–H and O–H groups in total. The van der Waals surface area contributed by atoms with Gasteiger partial charge in [0.1, 0.15) is 0 Å². The zero-order valence-electron chi connectivity index (χ0n) is 17.1. The Hall–Kier alpha value is -2.12. The van der Waals surface area contributed by atoms with E-state index < -0.39 is 0 Å². The summed E-state index contributed by atoms with van der Waals surface area (Å²) in [6.07, 6.45) is 6.72. The monoisotopic (exact) mass is 514 g/mol. The molecule has 6 nitrogen and oxygen atoms in total. The second kappa shape index (κ2) is 14.1. The standard InChI is InChI=1S/C22H22Cl4N4O2/c23-17-9-7-15(19(25)11-17)13-27-29-21(31)5-3-1-2-4-6-22(32)30-28-14-16-8-10-18(24)12-20(16)26/h7-14H,1-6H2,(H,29,31)(H,30,32). The second-order valence-corrected chi connectivity index (χ2v) is 8.52. The fourth-order valence-corrected chi connectivity index (χ4v) is 3.51. The number of carbonyl (C=O) groups excluding carboxylic acids is 2. The molecule has 0 radical (unpaired) electrons. The summed E-state index contributed by atoms with van der Waals surface area (Å²) in [7, 11) is 0. The van der Waals surface area contributed by atoms with Crippen molar-refractivity contribution in [2.45, 2.75) is 38.5 Å². The van der Waals surface area contributed by atoms with Crippen LogP contribution in [0.4, 0.5) is 0 Å². The lowest BCUT2D eigenvalue weighted by molar-refractivity contribution is -0.122. The maximum Gasteiger partial charge on any atom is 0.240 e. The molecule has 32 heavy (non-hydrogen) atoms. The third kappa shape index (κ3) is 10.0. The average Bonchev–Trinajstić information content (AvgIpc) is 2.73. The van der Waals surface area contributed by atoms with Gasteiger partial charge in [-0.1, -0.05) is 71.4 Å². The minimum atomic E-state index is -0.181. The largest absolute Gasteiger partial charge is 0.273 e. The fourth-order valence-electron chi connectivity index (χ4n) is 2.60. The van der Waals surface area contributed by atoms with Gasteiger partial charge < -0.3 is 0 Å². The molecule has 0 heterocycles. The molecule has 2 amide bonds. The maximum absolute atomic E-state index is 11.8. The molecule has 10 heteroatoms. The molecule has 0 atom stereocenters. The van der Waals surface area contributed by atoms with Crippen LogP contribution in [0.15, 0.2) is 46.6 Å². The van der Waals surface area contributed by atoms with Crippen molar-refractivity contribution in [1.29, 1.82) is 0 Å². The van der Waals surface area contributed by atoms with Crippen LogP contribution in [-0.4, -0.2) is 24.2 Å². The lowest BCUT2D eigenvalue weighted by Crippen LogP contribution is -2.17. The van der Waals surface area contributed by atoms with Crippen molar-refractivity contribution in [2.24, 2.45) is 10.2 Å². The van der Waals surface area contributed by atoms with Crippen LogP contribution in [-0.2, 0) is 9.59 Å². The molecule has 0 spiro atoms. The van der Waals surface area contributed by atoms with E-state index in [1.165, 1.54) is 12.4 Å². The SMILES string of the molecule is O=C(CCCCCCC(=O)NN=Cc1ccc(Cl)cc1Cl)NN=Cc1ccc(Cl)cc1Cl. The minimum Gasteiger partial charge on any atom is -0.273 e. The third-order valence-corrected chi connectivity index (χ3v) is 5.39. The first kappa shape index (κ1) is 26.1. The van der Waals surface area contributed by atoms with Gasteiger partial charge in [0.15, 0.2) is 0 Å². The van der Waals surface area contributed by atoms with E-state index in [2.05, 4.69) is 21.1 Å². The molecule has 2 rings (SSSR count). The molecule has 0 aliphatic carbocycles. The maximum atomic E-state index is 11.8. The second-order valence-electron chi connectivity index (χ2n) is 6.83. The van der Waals surface area contributed by atoms with Crippen LogP contribution < -0.4 is 10.9 Å². The van der Waals surface area contributed by atoms with Gasteiger partial charge in [0.05, 0.1) is 22.5 Å². The summed E-state index contributed by atoms with van der Waals surface area (Å²) in [6, 6.07) is 10.0. The number of halogens is 4. The molecule has 0 unspecified atom stereocenters. The van der Waals surface area contributed by atoms with Gasteiger partial charge in [-0.15, -0.1) is 0 Å². The number of carbonyl (C=O) groups is 2. The van der Waals surface area contributed by atoms with Crippen molar-refractivity contribution in [3.63, 3.8) is 0 Å². The highest BCUT2D eigenvalue weighted by atomic mass is 35.5. The van der Waals surface area contributed by atoms with Crippen LogP contribution in [0.1, 0.15) is 49.7 Å². The Labute approximate surface area is 207 Å². The highest BCUT2D eigenvalue weighted by molar-refractivity contribution is 6.36. The topological polar surface area (TPSA) is 82.9 Å². The summed E-state index contributed by atoms with van der Waals surface area (Å²) in [5.41, 5.74) is 6.26. The Kier molecular flexibility index (Phi) is 11.5. The summed E-state index contributed by atoms with van der Waals surface area (Å²) < 4.78 is 0. The van der Waals surface area contributed by atoms with Crippen molar-refractivity contribution in [3.05, 3.63) is 67.6 Å². The summed E-state index contributed by atoms with van der Waals surface area (Å²) in [4.78, 5) is 23.6. The molecule has 0 aliphatic heterocycles. The molecular weight excluding hydrogens is 494 g/mol. The van der Waals surface area contributed by atoms with Crippen LogP contribution in [0.2, 0.25) is 20.1 Å². The van der Waals surface area contributed by atoms with E-state index in [-0.39, 0.29) is 11.8 Å². The number of rotatable bonds is 11. The van der Waals surface area contributed by atoms with E-state index >= 15 is 0 Å². The third-order valence-electron chi connectivity index (χ3n) is 4.27. The number of hydrazone groups is 2. The zero-order valence-corrected chi connectivity index (χ0v) is 20.1. The summed E-state index contributed by atoms with van der Waals surface area (Å²) >= 11 is 23.7. The van der Waals surface area contributed by atoms with Gasteiger partial charge in [-0.05, 0) is 37.1 Å². The van der Waals surface area contributed by atoms with Gasteiger partial charge in [-0.25, -0.2) is 10.9 Å². The van der Waals surface area contributed by atoms with Gasteiger partial charge in [0.25, 0.3) is 0 Å². The lowest BCUT2D eigenvalue weighted by Gasteiger charge is -2.02. The van der Waals surface area contributed by atoms with Crippen molar-refractivity contribution >= 4 is 70.6 Å². The molecule has 0 aliphatic rings. The van der Waals surface area contributed by atoms with Crippen molar-refractivity contribution in [3.8, 4) is 0 Å². The predicted octanol–water partition coefficient (Wildman–Crippen LogP) is 6.24. The van der Waals surface area contributed by atoms with Crippen LogP contribution in [0.25, 0.3) is 0 Å². The molecule has 0 bridgehead atoms. The number of hydrogen-bond donors (Lipinski definition) is 2. The Balaban J connectivity index is 1.54. The molecule has 0 saturated carbocycles. The molecule has 2 aromatic carbocycles. The highest BCUT2D eigenvalue weighted by Crippen LogP contribution is 2.20. The fraction of sp³-hybridized carbons (Fsp3) is 0.273. The zero-order chi connectivity index (χ0) is 23.3. The molecule has 0 fully saturated rings. The van der Waals surface area contributed by atoms with E-state index in [1.807, 2.05) is 0 Å². The number of nitrogens with zero attached hydrogens (tertiary/aromatic N) is 2. The van der Waals surface area contributed by atoms with Crippen molar-refractivity contribution in [2.75, 3.05) is 0 Å². The molecule has 2 aromatic rings. The Morgan fingerprint density at radius 1 is 0.688 bits per heavy atom. The van der Waals surface area contributed by atoms with Crippen LogP contribution in [0.3, 0.4) is 0 Å². The molecule has 170 valence electrons. The van der Waals surface area contributed by atoms with Crippen LogP contribution in [0.5, 0.6) is 0 Å². The average molecular weight is 516 g/mol. The smallest absolute Gasteiger partial charge is 0.240 e. The predicted molar refractivity (Wildman–Crippen MR) is 132 cm³/mol. The van der Waals surface area contributed by atoms with E-state index in [1.54, 1.807) is 36.4 Å². The highest BCUT2D eigenvalue weighted by Gasteiger charge is 2.03. The summed E-state index contributed by atoms with van der Waals surface area (Å²) in [5, 5.41) is 9.77. The van der Waals surface area contributed by atoms with Gasteiger partial charge >= 0.3 is 0 Å². The quantitative estimate of drug-likeness (QED) is 0.211. The summed E-state index contributed by atoms with van der Waals surface area (Å²) in [5.74, 6) is -0.362. The minimum absolute atomic E-state index is 0.181. The summed E-state index contributed by atoms with van der Waals surface area (Å²) in [6.45, 7) is 0. The van der Waals surface area contributed by atoms with Gasteiger partial charge in [0.2, 0.25) is 11.8 Å². The first-order valence-corrected chi connectivity index (χ1v) is 11.4. The number of hydrogen-bond acceptors (Lipinski definition) is 4. The van der Waals surface area contributed by atoms with E-state index in [0.717, 1.165) is 12.8 Å². The van der Waals surface area contributed by atoms with E-state index in [0.29, 0.717) is 56.9 Å². The number of benzene rings is 2. The van der Waals surface area contributed by atoms with Gasteiger partial charge in [0, 0.05) is 34.0 Å². The normalized spacial score (nSPS) is 11.2. The van der Waals surface area contributed by atoms with Gasteiger partial charge in [-0.3, -0.25) is 9.59 Å². The Morgan fingerprint density at radius 2 is 1.09 bits per heavy atom. The molecular formula is C22H22Cl4N4O2. The Bertz CT molecular complexity index is 916. The van der Waals surface area contributed by atoms with Crippen molar-refractivity contribution < 1.29 is 9.59 Å². The van der Waals surface area contributed by atoms with E-state index in [4.69, 9.17) is 46.4 Å². The lowest BCUT2D eigenvalue weighted by atomic mass is 10.1. The van der Waals surface area contributed by atoms with Crippen LogP contribution >= 0.6 is 46.4 Å². The first-order chi connectivity index (χ1) is 15.3. The number of nitrogens with one attached hydrogen (secondary N) is 2. The number of amides is 2. The Morgan fingerprint density at radius 3 is 1.47 bits per heavy atom. The molecule has 0 aromatic heterocycles. The van der Waals surface area contributed by atoms with E-state index in [9.17, 15) is 9.59 Å². The van der Waals surface area contributed by atoms with Crippen LogP contribution in [0, 0.1) is 0 Å². The molecule has 0 saturated heterocycles.